The minimum Gasteiger partial charge on any atom is -0.509 e. The van der Waals surface area contributed by atoms with Crippen LogP contribution in [0.15, 0.2) is 206 Å². The first-order chi connectivity index (χ1) is 35.0. The summed E-state index contributed by atoms with van der Waals surface area (Å²) in [6, 6.07) is 78.4. The fraction of sp³-hybridized carbons (Fsp3) is 0.0625. The Kier molecular flexibility index (Phi) is 10.4. The zero-order valence-electron chi connectivity index (χ0n) is 39.7. The molecule has 350 valence electrons. The number of para-hydroxylation sites is 7. The molecular weight excluding hydrogens is 1060 g/mol. The van der Waals surface area contributed by atoms with E-state index in [-0.39, 0.29) is 27.0 Å². The van der Waals surface area contributed by atoms with Crippen LogP contribution in [0.5, 0.6) is 11.5 Å². The van der Waals surface area contributed by atoms with E-state index >= 15 is 0 Å². The van der Waals surface area contributed by atoms with Gasteiger partial charge in [-0.2, -0.15) is 18.8 Å². The van der Waals surface area contributed by atoms with Crippen LogP contribution in [0.4, 0.5) is 17.1 Å². The molecular formula is C64H45N6OPt-3. The van der Waals surface area contributed by atoms with Crippen LogP contribution < -0.4 is 14.5 Å². The van der Waals surface area contributed by atoms with Gasteiger partial charge in [-0.05, 0) is 84.6 Å². The van der Waals surface area contributed by atoms with Crippen molar-refractivity contribution in [1.82, 2.24) is 18.7 Å². The monoisotopic (exact) mass is 1110 g/mol. The number of pyridine rings is 1. The number of hydrogen-bond donors (Lipinski definition) is 0. The molecule has 0 radical (unpaired) electrons. The van der Waals surface area contributed by atoms with Gasteiger partial charge in [-0.3, -0.25) is 0 Å². The van der Waals surface area contributed by atoms with E-state index in [4.69, 9.17) is 9.72 Å². The van der Waals surface area contributed by atoms with E-state index in [9.17, 15) is 0 Å². The van der Waals surface area contributed by atoms with Crippen molar-refractivity contribution in [3.63, 3.8) is 0 Å². The molecule has 1 aliphatic rings. The van der Waals surface area contributed by atoms with Crippen molar-refractivity contribution in [1.29, 1.82) is 0 Å². The summed E-state index contributed by atoms with van der Waals surface area (Å²) in [5.41, 5.74) is 15.2. The molecule has 9 aromatic carbocycles. The molecule has 7 nitrogen and oxygen atoms in total. The van der Waals surface area contributed by atoms with Gasteiger partial charge in [-0.25, -0.2) is 4.98 Å². The maximum Gasteiger partial charge on any atom is 0.135 e. The number of ether oxygens (including phenoxy) is 1. The van der Waals surface area contributed by atoms with Crippen LogP contribution in [0, 0.1) is 18.8 Å². The van der Waals surface area contributed by atoms with Crippen molar-refractivity contribution >= 4 is 82.5 Å². The second kappa shape index (κ2) is 17.2. The maximum absolute atomic E-state index is 6.64. The molecule has 1 aliphatic heterocycles. The molecule has 0 atom stereocenters. The number of rotatable bonds is 8. The van der Waals surface area contributed by atoms with Gasteiger partial charge >= 0.3 is 0 Å². The average molecular weight is 1110 g/mol. The molecule has 8 heteroatoms. The summed E-state index contributed by atoms with van der Waals surface area (Å²) in [5.74, 6) is 2.13. The van der Waals surface area contributed by atoms with Crippen molar-refractivity contribution in [2.45, 2.75) is 19.8 Å². The SMILES string of the molecule is CC(C)c1cc(-n2c3[c-]c(Oc4[c-]c(N5[CH-]N(C)c6ccccc65)ccc4)ccc3c3ccccc32)ncc1-c1c(-n2c3ccccc3c3ccccc32)cccc1-n1c2ccccc2c2ccccc21.[Pt]. The van der Waals surface area contributed by atoms with Crippen LogP contribution in [0.25, 0.3) is 93.7 Å². The molecule has 0 unspecified atom stereocenters. The molecule has 13 aromatic rings. The molecule has 0 fully saturated rings. The molecule has 14 rings (SSSR count). The second-order valence-corrected chi connectivity index (χ2v) is 18.7. The van der Waals surface area contributed by atoms with E-state index in [1.807, 2.05) is 18.2 Å². The molecule has 4 aromatic heterocycles. The van der Waals surface area contributed by atoms with E-state index in [2.05, 4.69) is 251 Å². The van der Waals surface area contributed by atoms with Gasteiger partial charge in [0.25, 0.3) is 0 Å². The summed E-state index contributed by atoms with van der Waals surface area (Å²) >= 11 is 0. The third-order valence-corrected chi connectivity index (χ3v) is 14.3. The summed E-state index contributed by atoms with van der Waals surface area (Å²) in [6.07, 6.45) is 2.11. The molecule has 0 saturated heterocycles. The Bertz CT molecular complexity index is 4040. The number of aromatic nitrogens is 4. The van der Waals surface area contributed by atoms with E-state index in [0.717, 1.165) is 89.3 Å². The van der Waals surface area contributed by atoms with E-state index in [1.54, 1.807) is 0 Å². The summed E-state index contributed by atoms with van der Waals surface area (Å²) < 4.78 is 13.8. The molecule has 0 aliphatic carbocycles. The Morgan fingerprint density at radius 1 is 0.472 bits per heavy atom. The zero-order valence-corrected chi connectivity index (χ0v) is 42.0. The first-order valence-electron chi connectivity index (χ1n) is 24.2. The number of anilines is 3. The van der Waals surface area contributed by atoms with Gasteiger partial charge in [0, 0.05) is 88.3 Å². The Hall–Kier alpha value is -8.38. The van der Waals surface area contributed by atoms with E-state index in [1.165, 1.54) is 27.1 Å². The summed E-state index contributed by atoms with van der Waals surface area (Å²) in [4.78, 5) is 9.76. The Morgan fingerprint density at radius 3 is 1.51 bits per heavy atom. The van der Waals surface area contributed by atoms with Crippen molar-refractivity contribution in [2.75, 3.05) is 16.8 Å². The number of hydrogen-bond acceptors (Lipinski definition) is 4. The summed E-state index contributed by atoms with van der Waals surface area (Å²) in [5, 5.41) is 7.06. The van der Waals surface area contributed by atoms with Crippen molar-refractivity contribution in [3.05, 3.63) is 231 Å². The fourth-order valence-corrected chi connectivity index (χ4v) is 11.2. The zero-order chi connectivity index (χ0) is 47.3. The standard InChI is InChI=1S/C64H45N6O.Pt/c1-41(2)51-38-63(70-57-29-13-8-24-49(57)50-35-34-44(37-62(50)70)71-43-19-16-18-42(36-43)67-40-66(3)58-30-14-15-31-59(58)67)65-39-52(51)64-60(68-53-25-9-4-20-45(53)46-21-5-10-26-54(46)68)32-17-33-61(64)69-55-27-11-6-22-47(55)48-23-7-12-28-56(48)69;/h4-35,38-41H,1-3H3;/q-3;. The first-order valence-corrected chi connectivity index (χ1v) is 24.2. The first kappa shape index (κ1) is 43.6. The average Bonchev–Trinajstić information content (AvgIpc) is 4.14. The molecule has 0 bridgehead atoms. The predicted molar refractivity (Wildman–Crippen MR) is 292 cm³/mol. The van der Waals surface area contributed by atoms with Crippen LogP contribution in [0.3, 0.4) is 0 Å². The molecule has 5 heterocycles. The topological polar surface area (TPSA) is 43.4 Å². The second-order valence-electron chi connectivity index (χ2n) is 18.7. The molecule has 0 spiro atoms. The van der Waals surface area contributed by atoms with Gasteiger partial charge in [0.2, 0.25) is 0 Å². The Morgan fingerprint density at radius 2 is 0.944 bits per heavy atom. The number of fused-ring (bicyclic) bond motifs is 10. The largest absolute Gasteiger partial charge is 0.509 e. The fourth-order valence-electron chi connectivity index (χ4n) is 11.2. The van der Waals surface area contributed by atoms with Crippen molar-refractivity contribution in [3.8, 4) is 39.8 Å². The van der Waals surface area contributed by atoms with Gasteiger partial charge in [0.05, 0.1) is 33.4 Å². The summed E-state index contributed by atoms with van der Waals surface area (Å²) in [6.45, 7) is 6.66. The van der Waals surface area contributed by atoms with Gasteiger partial charge < -0.3 is 28.2 Å². The molecule has 0 N–H and O–H groups in total. The van der Waals surface area contributed by atoms with Crippen LogP contribution in [0.1, 0.15) is 25.3 Å². The summed E-state index contributed by atoms with van der Waals surface area (Å²) in [7, 11) is 2.06. The quantitative estimate of drug-likeness (QED) is 0.142. The van der Waals surface area contributed by atoms with Gasteiger partial charge in [0.15, 0.2) is 0 Å². The number of nitrogens with zero attached hydrogens (tertiary/aromatic N) is 6. The van der Waals surface area contributed by atoms with Crippen molar-refractivity contribution in [2.24, 2.45) is 0 Å². The smallest absolute Gasteiger partial charge is 0.135 e. The third-order valence-electron chi connectivity index (χ3n) is 14.3. The molecule has 72 heavy (non-hydrogen) atoms. The van der Waals surface area contributed by atoms with Crippen molar-refractivity contribution < 1.29 is 25.8 Å². The van der Waals surface area contributed by atoms with Crippen LogP contribution in [-0.2, 0) is 21.1 Å². The van der Waals surface area contributed by atoms with Crippen LogP contribution in [0.2, 0.25) is 0 Å². The molecule has 0 saturated carbocycles. The normalized spacial score (nSPS) is 12.6. The van der Waals surface area contributed by atoms with E-state index < -0.39 is 0 Å². The van der Waals surface area contributed by atoms with Gasteiger partial charge in [-0.15, -0.1) is 41.4 Å². The maximum atomic E-state index is 6.64. The Balaban J connectivity index is 0.00000504. The Labute approximate surface area is 431 Å². The van der Waals surface area contributed by atoms with E-state index in [0.29, 0.717) is 11.5 Å². The third kappa shape index (κ3) is 6.72. The van der Waals surface area contributed by atoms with Gasteiger partial charge in [0.1, 0.15) is 5.82 Å². The minimum atomic E-state index is 0. The number of benzene rings is 9. The van der Waals surface area contributed by atoms with Crippen LogP contribution >= 0.6 is 0 Å². The molecule has 0 amide bonds. The van der Waals surface area contributed by atoms with Gasteiger partial charge in [-0.1, -0.05) is 129 Å². The van der Waals surface area contributed by atoms with Crippen LogP contribution in [-0.4, -0.2) is 25.7 Å². The minimum absolute atomic E-state index is 0. The predicted octanol–water partition coefficient (Wildman–Crippen LogP) is 16.3.